The lowest BCUT2D eigenvalue weighted by molar-refractivity contribution is 0.688. The van der Waals surface area contributed by atoms with E-state index in [1.165, 1.54) is 16.3 Å². The smallest absolute Gasteiger partial charge is 0.252 e. The summed E-state index contributed by atoms with van der Waals surface area (Å²) in [7, 11) is 0. The number of H-pyrrole nitrogens is 1. The van der Waals surface area contributed by atoms with Crippen LogP contribution in [0.2, 0.25) is 0 Å². The number of anilines is 3. The van der Waals surface area contributed by atoms with Crippen molar-refractivity contribution in [2.75, 3.05) is 4.90 Å². The van der Waals surface area contributed by atoms with Gasteiger partial charge in [-0.2, -0.15) is 10.1 Å². The molecule has 1 N–H and O–H groups in total. The first kappa shape index (κ1) is 20.8. The van der Waals surface area contributed by atoms with E-state index < -0.39 is 0 Å². The highest BCUT2D eigenvalue weighted by Gasteiger charge is 2.17. The number of para-hydroxylation sites is 1. The number of fused-ring (bicyclic) bond motifs is 2. The number of rotatable bonds is 6. The first-order valence-electron chi connectivity index (χ1n) is 11.4. The van der Waals surface area contributed by atoms with E-state index in [0.717, 1.165) is 16.8 Å². The molecule has 6 rings (SSSR count). The van der Waals surface area contributed by atoms with E-state index in [1.54, 1.807) is 35.3 Å². The van der Waals surface area contributed by atoms with Gasteiger partial charge < -0.3 is 0 Å². The Labute approximate surface area is 201 Å². The molecule has 0 atom stereocenters. The number of nitrogens with one attached hydrogen (secondary N) is 1. The maximum atomic E-state index is 12.9. The Morgan fingerprint density at radius 1 is 0.800 bits per heavy atom. The Morgan fingerprint density at radius 3 is 2.43 bits per heavy atom. The van der Waals surface area contributed by atoms with E-state index in [2.05, 4.69) is 45.5 Å². The number of aromatic nitrogens is 5. The van der Waals surface area contributed by atoms with Gasteiger partial charge in [-0.1, -0.05) is 60.7 Å². The van der Waals surface area contributed by atoms with Gasteiger partial charge in [0.15, 0.2) is 0 Å². The van der Waals surface area contributed by atoms with Gasteiger partial charge in [0, 0.05) is 36.1 Å². The van der Waals surface area contributed by atoms with Crippen molar-refractivity contribution in [2.24, 2.45) is 0 Å². The number of nitrogens with zero attached hydrogens (tertiary/aromatic N) is 5. The minimum Gasteiger partial charge on any atom is -0.292 e. The predicted octanol–water partition coefficient (Wildman–Crippen LogP) is 5.38. The van der Waals surface area contributed by atoms with Crippen LogP contribution in [-0.4, -0.2) is 24.7 Å². The third-order valence-electron chi connectivity index (χ3n) is 6.10. The molecule has 0 bridgehead atoms. The van der Waals surface area contributed by atoms with E-state index in [4.69, 9.17) is 4.98 Å². The van der Waals surface area contributed by atoms with Gasteiger partial charge in [0.25, 0.3) is 5.56 Å². The molecule has 7 nitrogen and oxygen atoms in total. The number of aromatic amines is 1. The molecule has 170 valence electrons. The topological polar surface area (TPSA) is 79.7 Å². The molecule has 0 aliphatic carbocycles. The van der Waals surface area contributed by atoms with Gasteiger partial charge in [0.1, 0.15) is 5.65 Å². The van der Waals surface area contributed by atoms with Crippen LogP contribution in [0.1, 0.15) is 5.56 Å². The molecule has 0 amide bonds. The largest absolute Gasteiger partial charge is 0.292 e. The van der Waals surface area contributed by atoms with Gasteiger partial charge >= 0.3 is 0 Å². The zero-order valence-corrected chi connectivity index (χ0v) is 18.9. The van der Waals surface area contributed by atoms with Gasteiger partial charge in [-0.3, -0.25) is 19.4 Å². The Bertz CT molecular complexity index is 1680. The molecule has 0 unspecified atom stereocenters. The normalized spacial score (nSPS) is 11.2. The molecule has 3 aromatic carbocycles. The molecule has 7 heteroatoms. The van der Waals surface area contributed by atoms with Crippen molar-refractivity contribution in [3.63, 3.8) is 0 Å². The van der Waals surface area contributed by atoms with Crippen LogP contribution >= 0.6 is 0 Å². The minimum absolute atomic E-state index is 0.0856. The van der Waals surface area contributed by atoms with E-state index >= 15 is 0 Å². The average Bonchev–Trinajstić information content (AvgIpc) is 3.43. The molecule has 3 heterocycles. The van der Waals surface area contributed by atoms with Crippen molar-refractivity contribution in [3.05, 3.63) is 119 Å². The zero-order valence-electron chi connectivity index (χ0n) is 18.9. The number of aryl methyl sites for hydroxylation is 2. The van der Waals surface area contributed by atoms with E-state index in [1.807, 2.05) is 47.4 Å². The number of pyridine rings is 1. The molecule has 0 aliphatic rings. The van der Waals surface area contributed by atoms with Crippen molar-refractivity contribution in [3.8, 4) is 0 Å². The summed E-state index contributed by atoms with van der Waals surface area (Å²) >= 11 is 0. The second kappa shape index (κ2) is 8.87. The monoisotopic (exact) mass is 458 g/mol. The molecule has 0 radical (unpaired) electrons. The van der Waals surface area contributed by atoms with E-state index in [9.17, 15) is 4.79 Å². The summed E-state index contributed by atoms with van der Waals surface area (Å²) in [5.74, 6) is 0.468. The fourth-order valence-corrected chi connectivity index (χ4v) is 4.34. The minimum atomic E-state index is -0.0856. The predicted molar refractivity (Wildman–Crippen MR) is 138 cm³/mol. The van der Waals surface area contributed by atoms with Crippen LogP contribution < -0.4 is 10.5 Å². The summed E-state index contributed by atoms with van der Waals surface area (Å²) in [6.07, 6.45) is 5.99. The Morgan fingerprint density at radius 2 is 1.60 bits per heavy atom. The van der Waals surface area contributed by atoms with Crippen molar-refractivity contribution in [2.45, 2.75) is 13.0 Å². The molecule has 6 aromatic rings. The summed E-state index contributed by atoms with van der Waals surface area (Å²) in [5.41, 5.74) is 3.39. The lowest BCUT2D eigenvalue weighted by Gasteiger charge is -2.21. The third-order valence-corrected chi connectivity index (χ3v) is 6.10. The molecule has 0 spiro atoms. The van der Waals surface area contributed by atoms with Crippen LogP contribution in [0.3, 0.4) is 0 Å². The fraction of sp³-hybridized carbons (Fsp3) is 0.0714. The average molecular weight is 459 g/mol. The molecule has 0 fully saturated rings. The highest BCUT2D eigenvalue weighted by atomic mass is 16.1. The van der Waals surface area contributed by atoms with Crippen molar-refractivity contribution in [1.29, 1.82) is 0 Å². The lowest BCUT2D eigenvalue weighted by Crippen LogP contribution is -2.22. The van der Waals surface area contributed by atoms with Crippen LogP contribution in [0.15, 0.2) is 108 Å². The van der Waals surface area contributed by atoms with Gasteiger partial charge in [-0.15, -0.1) is 0 Å². The van der Waals surface area contributed by atoms with Gasteiger partial charge in [-0.25, -0.2) is 4.98 Å². The summed E-state index contributed by atoms with van der Waals surface area (Å²) in [6, 6.07) is 27.9. The molecule has 35 heavy (non-hydrogen) atoms. The van der Waals surface area contributed by atoms with Crippen LogP contribution in [-0.2, 0) is 13.0 Å². The van der Waals surface area contributed by atoms with Gasteiger partial charge in [0.05, 0.1) is 11.9 Å². The zero-order chi connectivity index (χ0) is 23.6. The fourth-order valence-electron chi connectivity index (χ4n) is 4.34. The highest BCUT2D eigenvalue weighted by molar-refractivity contribution is 5.83. The second-order valence-electron chi connectivity index (χ2n) is 8.33. The first-order chi connectivity index (χ1) is 17.3. The van der Waals surface area contributed by atoms with Crippen LogP contribution in [0, 0.1) is 0 Å². The van der Waals surface area contributed by atoms with Gasteiger partial charge in [0.2, 0.25) is 5.95 Å². The molecule has 0 saturated carbocycles. The SMILES string of the molecule is O=c1ccc2cnc(N(c3ccccc3)c3cn[nH]c3)nc2n1CCc1ccc2ccccc2c1. The van der Waals surface area contributed by atoms with Crippen molar-refractivity contribution >= 4 is 39.1 Å². The number of hydrogen-bond acceptors (Lipinski definition) is 5. The number of benzene rings is 3. The van der Waals surface area contributed by atoms with Crippen molar-refractivity contribution in [1.82, 2.24) is 24.7 Å². The molecule has 3 aromatic heterocycles. The lowest BCUT2D eigenvalue weighted by atomic mass is 10.1. The van der Waals surface area contributed by atoms with Crippen LogP contribution in [0.4, 0.5) is 17.3 Å². The summed E-state index contributed by atoms with van der Waals surface area (Å²) in [4.78, 5) is 24.3. The second-order valence-corrected chi connectivity index (χ2v) is 8.33. The highest BCUT2D eigenvalue weighted by Crippen LogP contribution is 2.31. The van der Waals surface area contributed by atoms with Crippen LogP contribution in [0.25, 0.3) is 21.8 Å². The van der Waals surface area contributed by atoms with Crippen molar-refractivity contribution < 1.29 is 0 Å². The Hall–Kier alpha value is -4.78. The number of hydrogen-bond donors (Lipinski definition) is 1. The quantitative estimate of drug-likeness (QED) is 0.362. The van der Waals surface area contributed by atoms with Gasteiger partial charge in [-0.05, 0) is 41.0 Å². The third kappa shape index (κ3) is 4.04. The standard InChI is InChI=1S/C28H22N6O/c35-26-13-12-23-17-29-28(34(25-18-30-31-19-25)24-8-2-1-3-9-24)32-27(23)33(26)15-14-20-10-11-21-6-4-5-7-22(21)16-20/h1-13,16-19H,14-15H2,(H,30,31). The summed E-state index contributed by atoms with van der Waals surface area (Å²) in [6.45, 7) is 0.516. The van der Waals surface area contributed by atoms with E-state index in [0.29, 0.717) is 24.6 Å². The first-order valence-corrected chi connectivity index (χ1v) is 11.4. The maximum Gasteiger partial charge on any atom is 0.252 e. The molecule has 0 saturated heterocycles. The molecular formula is C28H22N6O. The maximum absolute atomic E-state index is 12.9. The Kier molecular flexibility index (Phi) is 5.27. The van der Waals surface area contributed by atoms with E-state index in [-0.39, 0.29) is 5.56 Å². The molecule has 0 aliphatic heterocycles. The molecular weight excluding hydrogens is 436 g/mol. The summed E-state index contributed by atoms with van der Waals surface area (Å²) in [5, 5.41) is 10.2. The summed E-state index contributed by atoms with van der Waals surface area (Å²) < 4.78 is 1.73. The van der Waals surface area contributed by atoms with Crippen LogP contribution in [0.5, 0.6) is 0 Å². The Balaban J connectivity index is 1.40.